The predicted octanol–water partition coefficient (Wildman–Crippen LogP) is 1.36. The molecule has 2 N–H and O–H groups in total. The van der Waals surface area contributed by atoms with E-state index in [4.69, 9.17) is 0 Å². The number of nitrogens with zero attached hydrogens (tertiary/aromatic N) is 3. The average Bonchev–Trinajstić information content (AvgIpc) is 3.06. The normalized spacial score (nSPS) is 21.3. The Morgan fingerprint density at radius 3 is 2.86 bits per heavy atom. The predicted molar refractivity (Wildman–Crippen MR) is 83.0 cm³/mol. The molecule has 0 bridgehead atoms. The van der Waals surface area contributed by atoms with E-state index in [-0.39, 0.29) is 11.7 Å². The number of aryl methyl sites for hydroxylation is 1. The zero-order valence-corrected chi connectivity index (χ0v) is 12.8. The number of hydrogen-bond donors (Lipinski definition) is 2. The Hall–Kier alpha value is -2.21. The largest absolute Gasteiger partial charge is 0.391 e. The van der Waals surface area contributed by atoms with Gasteiger partial charge in [-0.1, -0.05) is 0 Å². The van der Waals surface area contributed by atoms with Crippen molar-refractivity contribution in [3.63, 3.8) is 0 Å². The minimum absolute atomic E-state index is 0.00675. The summed E-state index contributed by atoms with van der Waals surface area (Å²) < 4.78 is 0. The van der Waals surface area contributed by atoms with Gasteiger partial charge in [-0.2, -0.15) is 5.10 Å². The zero-order chi connectivity index (χ0) is 15.7. The number of ketones is 1. The van der Waals surface area contributed by atoms with Crippen molar-refractivity contribution in [3.05, 3.63) is 41.3 Å². The van der Waals surface area contributed by atoms with Crippen LogP contribution in [0.25, 0.3) is 0 Å². The van der Waals surface area contributed by atoms with E-state index in [0.717, 1.165) is 30.2 Å². The number of anilines is 1. The van der Waals surface area contributed by atoms with E-state index in [1.54, 1.807) is 12.3 Å². The molecule has 0 spiro atoms. The molecular weight excluding hydrogens is 280 g/mol. The van der Waals surface area contributed by atoms with E-state index in [9.17, 15) is 9.90 Å². The van der Waals surface area contributed by atoms with Crippen LogP contribution in [0.15, 0.2) is 24.4 Å². The van der Waals surface area contributed by atoms with Gasteiger partial charge in [0.15, 0.2) is 5.78 Å². The summed E-state index contributed by atoms with van der Waals surface area (Å²) in [5.41, 5.74) is 2.61. The van der Waals surface area contributed by atoms with Crippen LogP contribution >= 0.6 is 0 Å². The van der Waals surface area contributed by atoms with Gasteiger partial charge >= 0.3 is 0 Å². The van der Waals surface area contributed by atoms with Gasteiger partial charge in [0.2, 0.25) is 0 Å². The van der Waals surface area contributed by atoms with Gasteiger partial charge in [0.1, 0.15) is 5.82 Å². The fourth-order valence-corrected chi connectivity index (χ4v) is 2.87. The Kier molecular flexibility index (Phi) is 3.94. The number of aliphatic hydroxyl groups is 1. The molecule has 0 radical (unpaired) electrons. The highest BCUT2D eigenvalue weighted by atomic mass is 16.3. The third-order valence-corrected chi connectivity index (χ3v) is 4.12. The molecular formula is C16H20N4O2. The van der Waals surface area contributed by atoms with Gasteiger partial charge in [-0.3, -0.25) is 9.89 Å². The van der Waals surface area contributed by atoms with Crippen LogP contribution < -0.4 is 4.90 Å². The molecule has 1 fully saturated rings. The number of Topliss-reactive ketones (excluding diaryl/α,β-unsaturated/α-hetero) is 1. The minimum Gasteiger partial charge on any atom is -0.391 e. The Balaban J connectivity index is 1.68. The third kappa shape index (κ3) is 3.01. The first-order valence-corrected chi connectivity index (χ1v) is 7.44. The summed E-state index contributed by atoms with van der Waals surface area (Å²) in [4.78, 5) is 17.7. The van der Waals surface area contributed by atoms with Gasteiger partial charge in [-0.25, -0.2) is 4.98 Å². The number of carbonyl (C=O) groups is 1. The molecule has 3 rings (SSSR count). The number of H-pyrrole nitrogens is 1. The summed E-state index contributed by atoms with van der Waals surface area (Å²) >= 11 is 0. The Morgan fingerprint density at radius 2 is 2.27 bits per heavy atom. The SMILES string of the molecule is CC(=O)c1ccc(N2C[C@@H](Cc3cc(C)[nH]n3)[C@H](O)C2)nc1. The molecule has 2 aromatic heterocycles. The van der Waals surface area contributed by atoms with Gasteiger partial charge in [0.25, 0.3) is 0 Å². The molecule has 2 atom stereocenters. The molecule has 0 aromatic carbocycles. The average molecular weight is 300 g/mol. The monoisotopic (exact) mass is 300 g/mol. The molecule has 0 saturated carbocycles. The second kappa shape index (κ2) is 5.88. The van der Waals surface area contributed by atoms with Gasteiger partial charge in [0, 0.05) is 36.5 Å². The molecule has 1 saturated heterocycles. The van der Waals surface area contributed by atoms with E-state index in [1.807, 2.05) is 19.1 Å². The van der Waals surface area contributed by atoms with Crippen LogP contribution in [-0.4, -0.2) is 45.3 Å². The molecule has 0 aliphatic carbocycles. The smallest absolute Gasteiger partial charge is 0.161 e. The highest BCUT2D eigenvalue weighted by molar-refractivity contribution is 5.93. The quantitative estimate of drug-likeness (QED) is 0.833. The third-order valence-electron chi connectivity index (χ3n) is 4.12. The molecule has 1 aliphatic heterocycles. The van der Waals surface area contributed by atoms with Crippen molar-refractivity contribution < 1.29 is 9.90 Å². The number of pyridine rings is 1. The second-order valence-corrected chi connectivity index (χ2v) is 5.94. The van der Waals surface area contributed by atoms with Crippen LogP contribution in [0.5, 0.6) is 0 Å². The minimum atomic E-state index is -0.397. The van der Waals surface area contributed by atoms with Crippen LogP contribution in [0.4, 0.5) is 5.82 Å². The number of aromatic nitrogens is 3. The van der Waals surface area contributed by atoms with Crippen molar-refractivity contribution in [2.75, 3.05) is 18.0 Å². The summed E-state index contributed by atoms with van der Waals surface area (Å²) in [5, 5.41) is 17.4. The summed E-state index contributed by atoms with van der Waals surface area (Å²) in [7, 11) is 0. The van der Waals surface area contributed by atoms with E-state index >= 15 is 0 Å². The summed E-state index contributed by atoms with van der Waals surface area (Å²) in [5.74, 6) is 0.939. The highest BCUT2D eigenvalue weighted by Gasteiger charge is 2.32. The topological polar surface area (TPSA) is 82.1 Å². The lowest BCUT2D eigenvalue weighted by molar-refractivity contribution is 0.101. The number of hydrogen-bond acceptors (Lipinski definition) is 5. The van der Waals surface area contributed by atoms with Crippen molar-refractivity contribution in [2.24, 2.45) is 5.92 Å². The van der Waals surface area contributed by atoms with Crippen molar-refractivity contribution in [2.45, 2.75) is 26.4 Å². The van der Waals surface area contributed by atoms with Crippen LogP contribution in [0.1, 0.15) is 28.7 Å². The van der Waals surface area contributed by atoms with Crippen molar-refractivity contribution in [3.8, 4) is 0 Å². The molecule has 3 heterocycles. The molecule has 6 heteroatoms. The fourth-order valence-electron chi connectivity index (χ4n) is 2.87. The first-order chi connectivity index (χ1) is 10.5. The lowest BCUT2D eigenvalue weighted by Gasteiger charge is -2.16. The van der Waals surface area contributed by atoms with Gasteiger partial charge < -0.3 is 10.0 Å². The van der Waals surface area contributed by atoms with E-state index in [1.165, 1.54) is 6.92 Å². The van der Waals surface area contributed by atoms with E-state index < -0.39 is 6.10 Å². The summed E-state index contributed by atoms with van der Waals surface area (Å²) in [6, 6.07) is 5.63. The molecule has 2 aromatic rings. The summed E-state index contributed by atoms with van der Waals surface area (Å²) in [6.45, 7) is 4.78. The Labute approximate surface area is 129 Å². The number of carbonyl (C=O) groups excluding carboxylic acids is 1. The highest BCUT2D eigenvalue weighted by Crippen LogP contribution is 2.25. The number of aromatic amines is 1. The first kappa shape index (κ1) is 14.7. The Bertz CT molecular complexity index is 665. The zero-order valence-electron chi connectivity index (χ0n) is 12.8. The first-order valence-electron chi connectivity index (χ1n) is 7.44. The number of rotatable bonds is 4. The molecule has 6 nitrogen and oxygen atoms in total. The van der Waals surface area contributed by atoms with Crippen LogP contribution in [0.2, 0.25) is 0 Å². The van der Waals surface area contributed by atoms with Crippen LogP contribution in [-0.2, 0) is 6.42 Å². The van der Waals surface area contributed by atoms with E-state index in [2.05, 4.69) is 20.1 Å². The maximum atomic E-state index is 11.3. The van der Waals surface area contributed by atoms with E-state index in [0.29, 0.717) is 12.1 Å². The number of β-amino-alcohol motifs (C(OH)–C–C–N with tert-alkyl or cyclic N) is 1. The van der Waals surface area contributed by atoms with Crippen LogP contribution in [0, 0.1) is 12.8 Å². The van der Waals surface area contributed by atoms with Gasteiger partial charge in [0.05, 0.1) is 11.8 Å². The van der Waals surface area contributed by atoms with Gasteiger partial charge in [-0.05, 0) is 38.5 Å². The van der Waals surface area contributed by atoms with Crippen molar-refractivity contribution in [1.29, 1.82) is 0 Å². The molecule has 0 unspecified atom stereocenters. The lowest BCUT2D eigenvalue weighted by atomic mass is 10.0. The fraction of sp³-hybridized carbons (Fsp3) is 0.438. The molecule has 1 aliphatic rings. The van der Waals surface area contributed by atoms with Crippen molar-refractivity contribution >= 4 is 11.6 Å². The number of aliphatic hydroxyl groups excluding tert-OH is 1. The molecule has 0 amide bonds. The number of nitrogens with one attached hydrogen (secondary N) is 1. The lowest BCUT2D eigenvalue weighted by Crippen LogP contribution is -2.22. The van der Waals surface area contributed by atoms with Crippen LogP contribution in [0.3, 0.4) is 0 Å². The Morgan fingerprint density at radius 1 is 1.45 bits per heavy atom. The molecule has 116 valence electrons. The van der Waals surface area contributed by atoms with Gasteiger partial charge in [-0.15, -0.1) is 0 Å². The maximum absolute atomic E-state index is 11.3. The van der Waals surface area contributed by atoms with Crippen molar-refractivity contribution in [1.82, 2.24) is 15.2 Å². The standard InChI is InChI=1S/C16H20N4O2/c1-10-5-14(19-18-10)6-13-8-20(9-15(13)22)16-4-3-12(7-17-16)11(2)21/h3-5,7,13,15,22H,6,8-9H2,1-2H3,(H,18,19)/t13-,15-/m1/s1. The summed E-state index contributed by atoms with van der Waals surface area (Å²) in [6.07, 6.45) is 1.94. The molecule has 22 heavy (non-hydrogen) atoms. The maximum Gasteiger partial charge on any atom is 0.161 e. The second-order valence-electron chi connectivity index (χ2n) is 5.94.